The number of rotatable bonds is 6. The van der Waals surface area contributed by atoms with Gasteiger partial charge in [0, 0.05) is 41.4 Å². The zero-order valence-corrected chi connectivity index (χ0v) is 19.5. The molecule has 1 heterocycles. The minimum Gasteiger partial charge on any atom is -0.459 e. The van der Waals surface area contributed by atoms with E-state index in [1.54, 1.807) is 12.1 Å². The summed E-state index contributed by atoms with van der Waals surface area (Å²) in [6.45, 7) is 5.57. The van der Waals surface area contributed by atoms with Crippen molar-refractivity contribution in [2.45, 2.75) is 58.0 Å². The van der Waals surface area contributed by atoms with Crippen LogP contribution >= 0.6 is 0 Å². The third-order valence-electron chi connectivity index (χ3n) is 6.64. The monoisotopic (exact) mass is 460 g/mol. The summed E-state index contributed by atoms with van der Waals surface area (Å²) in [6, 6.07) is 16.0. The van der Waals surface area contributed by atoms with Crippen LogP contribution in [-0.2, 0) is 14.3 Å². The zero-order valence-electron chi connectivity index (χ0n) is 19.5. The SMILES string of the molecule is CC[C@@H](C)OC(=O)C1=C(C)NC2=C(C(=O)C[C@@H](c3ccccc3)C2)[C@@H]1c1ccc([N+](=O)[O-])cc1. The summed E-state index contributed by atoms with van der Waals surface area (Å²) in [4.78, 5) is 37.5. The van der Waals surface area contributed by atoms with Crippen LogP contribution in [-0.4, -0.2) is 22.8 Å². The molecule has 0 unspecified atom stereocenters. The van der Waals surface area contributed by atoms with Crippen molar-refractivity contribution in [3.05, 3.63) is 98.4 Å². The van der Waals surface area contributed by atoms with Crippen molar-refractivity contribution < 1.29 is 19.2 Å². The number of nitrogens with zero attached hydrogens (tertiary/aromatic N) is 1. The van der Waals surface area contributed by atoms with E-state index in [2.05, 4.69) is 5.32 Å². The first-order chi connectivity index (χ1) is 16.3. The number of non-ortho nitro benzene ring substituents is 1. The molecule has 7 heteroatoms. The van der Waals surface area contributed by atoms with Gasteiger partial charge in [0.15, 0.2) is 5.78 Å². The molecular formula is C27H28N2O5. The second-order valence-electron chi connectivity index (χ2n) is 8.90. The third kappa shape index (κ3) is 4.51. The van der Waals surface area contributed by atoms with Crippen molar-refractivity contribution >= 4 is 17.4 Å². The highest BCUT2D eigenvalue weighted by Gasteiger charge is 2.41. The summed E-state index contributed by atoms with van der Waals surface area (Å²) in [5.41, 5.74) is 4.06. The Kier molecular flexibility index (Phi) is 6.63. The molecule has 1 aliphatic heterocycles. The standard InChI is InChI=1S/C27H28N2O5/c1-4-16(2)34-27(31)24-17(3)28-22-14-20(18-8-6-5-7-9-18)15-23(30)26(22)25(24)19-10-12-21(13-11-19)29(32)33/h5-13,16,20,25,28H,4,14-15H2,1-3H3/t16-,20+,25-/m1/s1. The molecule has 0 saturated carbocycles. The third-order valence-corrected chi connectivity index (χ3v) is 6.64. The Labute approximate surface area is 198 Å². The van der Waals surface area contributed by atoms with Gasteiger partial charge in [-0.15, -0.1) is 0 Å². The predicted molar refractivity (Wildman–Crippen MR) is 128 cm³/mol. The fourth-order valence-electron chi connectivity index (χ4n) is 4.72. The van der Waals surface area contributed by atoms with Gasteiger partial charge in [0.25, 0.3) is 5.69 Å². The molecule has 0 bridgehead atoms. The van der Waals surface area contributed by atoms with E-state index in [1.165, 1.54) is 12.1 Å². The number of ether oxygens (including phenoxy) is 1. The average Bonchev–Trinajstić information content (AvgIpc) is 2.83. The van der Waals surface area contributed by atoms with Crippen LogP contribution < -0.4 is 5.32 Å². The first-order valence-electron chi connectivity index (χ1n) is 11.5. The van der Waals surface area contributed by atoms with Gasteiger partial charge in [0.2, 0.25) is 0 Å². The van der Waals surface area contributed by atoms with Crippen molar-refractivity contribution in [2.24, 2.45) is 0 Å². The maximum absolute atomic E-state index is 13.5. The van der Waals surface area contributed by atoms with E-state index in [9.17, 15) is 19.7 Å². The molecular weight excluding hydrogens is 432 g/mol. The molecule has 1 aliphatic carbocycles. The predicted octanol–water partition coefficient (Wildman–Crippen LogP) is 5.30. The molecule has 2 aromatic rings. The Morgan fingerprint density at radius 1 is 1.12 bits per heavy atom. The van der Waals surface area contributed by atoms with Crippen molar-refractivity contribution in [1.82, 2.24) is 5.32 Å². The van der Waals surface area contributed by atoms with Gasteiger partial charge in [-0.3, -0.25) is 14.9 Å². The molecule has 7 nitrogen and oxygen atoms in total. The summed E-state index contributed by atoms with van der Waals surface area (Å²) >= 11 is 0. The van der Waals surface area contributed by atoms with Crippen LogP contribution in [0.3, 0.4) is 0 Å². The average molecular weight is 461 g/mol. The van der Waals surface area contributed by atoms with Gasteiger partial charge in [-0.25, -0.2) is 4.79 Å². The Morgan fingerprint density at radius 2 is 1.79 bits per heavy atom. The van der Waals surface area contributed by atoms with E-state index in [4.69, 9.17) is 4.74 Å². The number of nitro benzene ring substituents is 1. The second-order valence-corrected chi connectivity index (χ2v) is 8.90. The molecule has 176 valence electrons. The molecule has 1 N–H and O–H groups in total. The summed E-state index contributed by atoms with van der Waals surface area (Å²) in [5, 5.41) is 14.5. The van der Waals surface area contributed by atoms with Crippen molar-refractivity contribution in [2.75, 3.05) is 0 Å². The van der Waals surface area contributed by atoms with Crippen LogP contribution in [0, 0.1) is 10.1 Å². The van der Waals surface area contributed by atoms with Gasteiger partial charge in [-0.1, -0.05) is 49.4 Å². The number of esters is 1. The molecule has 0 amide bonds. The lowest BCUT2D eigenvalue weighted by Crippen LogP contribution is -2.36. The van der Waals surface area contributed by atoms with Gasteiger partial charge < -0.3 is 10.1 Å². The Bertz CT molecular complexity index is 1180. The molecule has 2 aromatic carbocycles. The lowest BCUT2D eigenvalue weighted by Gasteiger charge is -2.37. The van der Waals surface area contributed by atoms with Crippen molar-refractivity contribution in [3.8, 4) is 0 Å². The Balaban J connectivity index is 1.79. The highest BCUT2D eigenvalue weighted by molar-refractivity contribution is 6.04. The number of carbonyl (C=O) groups is 2. The lowest BCUT2D eigenvalue weighted by atomic mass is 9.71. The second kappa shape index (κ2) is 9.63. The van der Waals surface area contributed by atoms with Crippen LogP contribution in [0.4, 0.5) is 5.69 Å². The summed E-state index contributed by atoms with van der Waals surface area (Å²) in [6.07, 6.45) is 1.37. The maximum atomic E-state index is 13.5. The van der Waals surface area contributed by atoms with Gasteiger partial charge >= 0.3 is 5.97 Å². The number of hydrogen-bond acceptors (Lipinski definition) is 6. The van der Waals surface area contributed by atoms with Gasteiger partial charge in [-0.05, 0) is 43.7 Å². The number of ketones is 1. The molecule has 4 rings (SSSR count). The van der Waals surface area contributed by atoms with Crippen LogP contribution in [0.2, 0.25) is 0 Å². The van der Waals surface area contributed by atoms with Crippen molar-refractivity contribution in [1.29, 1.82) is 0 Å². The number of hydrogen-bond donors (Lipinski definition) is 1. The molecule has 3 atom stereocenters. The number of carbonyl (C=O) groups excluding carboxylic acids is 2. The Hall–Kier alpha value is -3.74. The van der Waals surface area contributed by atoms with Gasteiger partial charge in [0.1, 0.15) is 0 Å². The van der Waals surface area contributed by atoms with Crippen molar-refractivity contribution in [3.63, 3.8) is 0 Å². The van der Waals surface area contributed by atoms with E-state index in [-0.39, 0.29) is 23.5 Å². The van der Waals surface area contributed by atoms with Crippen LogP contribution in [0.5, 0.6) is 0 Å². The number of allylic oxidation sites excluding steroid dienone is 3. The fraction of sp³-hybridized carbons (Fsp3) is 0.333. The van der Waals surface area contributed by atoms with E-state index in [1.807, 2.05) is 51.1 Å². The van der Waals surface area contributed by atoms with E-state index in [0.29, 0.717) is 41.7 Å². The van der Waals surface area contributed by atoms with Crippen LogP contribution in [0.1, 0.15) is 63.0 Å². The molecule has 0 fully saturated rings. The van der Waals surface area contributed by atoms with E-state index < -0.39 is 16.8 Å². The van der Waals surface area contributed by atoms with E-state index in [0.717, 1.165) is 11.3 Å². The lowest BCUT2D eigenvalue weighted by molar-refractivity contribution is -0.384. The van der Waals surface area contributed by atoms with Gasteiger partial charge in [0.05, 0.1) is 16.6 Å². The number of benzene rings is 2. The minimum atomic E-state index is -0.641. The fourth-order valence-corrected chi connectivity index (χ4v) is 4.72. The number of nitro groups is 1. The molecule has 0 radical (unpaired) electrons. The molecule has 34 heavy (non-hydrogen) atoms. The number of dihydropyridines is 1. The molecule has 0 aromatic heterocycles. The van der Waals surface area contributed by atoms with Crippen LogP contribution in [0.15, 0.2) is 77.1 Å². The van der Waals surface area contributed by atoms with E-state index >= 15 is 0 Å². The largest absolute Gasteiger partial charge is 0.459 e. The maximum Gasteiger partial charge on any atom is 0.337 e. The summed E-state index contributed by atoms with van der Waals surface area (Å²) in [5.74, 6) is -1.11. The first kappa shape index (κ1) is 23.4. The summed E-state index contributed by atoms with van der Waals surface area (Å²) in [7, 11) is 0. The molecule has 2 aliphatic rings. The quantitative estimate of drug-likeness (QED) is 0.357. The molecule has 0 spiro atoms. The minimum absolute atomic E-state index is 0.0349. The first-order valence-corrected chi connectivity index (χ1v) is 11.5. The number of nitrogens with one attached hydrogen (secondary N) is 1. The Morgan fingerprint density at radius 3 is 2.41 bits per heavy atom. The topological polar surface area (TPSA) is 98.5 Å². The normalized spacial score (nSPS) is 21.0. The van der Waals surface area contributed by atoms with Gasteiger partial charge in [-0.2, -0.15) is 0 Å². The zero-order chi connectivity index (χ0) is 24.4. The summed E-state index contributed by atoms with van der Waals surface area (Å²) < 4.78 is 5.65. The smallest absolute Gasteiger partial charge is 0.337 e. The molecule has 0 saturated heterocycles. The highest BCUT2D eigenvalue weighted by Crippen LogP contribution is 2.46. The number of Topliss-reactive ketones (excluding diaryl/α,β-unsaturated/α-hetero) is 1. The van der Waals surface area contributed by atoms with Crippen LogP contribution in [0.25, 0.3) is 0 Å². The highest BCUT2D eigenvalue weighted by atomic mass is 16.6.